The molecule has 4 heterocycles. The monoisotopic (exact) mass is 429 g/mol. The van der Waals surface area contributed by atoms with Crippen molar-refractivity contribution in [3.8, 4) is 10.6 Å². The van der Waals surface area contributed by atoms with Gasteiger partial charge < -0.3 is 24.6 Å². The van der Waals surface area contributed by atoms with Crippen molar-refractivity contribution in [3.63, 3.8) is 0 Å². The molecule has 0 saturated carbocycles. The molecule has 11 heteroatoms. The molecule has 2 aromatic rings. The smallest absolute Gasteiger partial charge is 0.548 e. The zero-order chi connectivity index (χ0) is 19.5. The molecule has 2 amide bonds. The first-order chi connectivity index (χ1) is 12.7. The van der Waals surface area contributed by atoms with E-state index in [-0.39, 0.29) is 35.1 Å². The summed E-state index contributed by atoms with van der Waals surface area (Å²) < 4.78 is 4.48. The quantitative estimate of drug-likeness (QED) is 0.427. The minimum Gasteiger partial charge on any atom is -0.548 e. The van der Waals surface area contributed by atoms with E-state index in [0.29, 0.717) is 11.5 Å². The van der Waals surface area contributed by atoms with Crippen LogP contribution in [0, 0.1) is 6.92 Å². The number of carbonyl (C=O) groups is 3. The number of carbonyl (C=O) groups excluding carboxylic acids is 3. The topological polar surface area (TPSA) is 116 Å². The number of amides is 2. The van der Waals surface area contributed by atoms with E-state index < -0.39 is 40.0 Å². The molecule has 0 spiro atoms. The number of fused-ring (bicyclic) bond motifs is 1. The zero-order valence-corrected chi connectivity index (χ0v) is 19.3. The number of nitrogens with zero attached hydrogens (tertiary/aromatic N) is 2. The summed E-state index contributed by atoms with van der Waals surface area (Å²) in [6.07, 6.45) is 0. The van der Waals surface area contributed by atoms with Gasteiger partial charge in [0.05, 0.1) is 16.9 Å². The normalized spacial score (nSPS) is 24.9. The van der Waals surface area contributed by atoms with Crippen LogP contribution in [0.15, 0.2) is 22.0 Å². The molecule has 0 bridgehead atoms. The predicted molar refractivity (Wildman–Crippen MR) is 96.9 cm³/mol. The maximum absolute atomic E-state index is 12.8. The van der Waals surface area contributed by atoms with E-state index in [2.05, 4.69) is 10.5 Å². The van der Waals surface area contributed by atoms with Crippen molar-refractivity contribution >= 4 is 40.9 Å². The maximum Gasteiger partial charge on any atom is 1.00 e. The molecule has 142 valence electrons. The number of rotatable bonds is 4. The number of thiophene rings is 1. The van der Waals surface area contributed by atoms with Crippen molar-refractivity contribution in [2.75, 3.05) is 0 Å². The first kappa shape index (κ1) is 21.4. The minimum absolute atomic E-state index is 0. The fourth-order valence-corrected chi connectivity index (χ4v) is 5.89. The zero-order valence-electron chi connectivity index (χ0n) is 15.7. The molecule has 3 unspecified atom stereocenters. The van der Waals surface area contributed by atoms with Gasteiger partial charge in [-0.05, 0) is 32.2 Å². The molecule has 4 rings (SSSR count). The van der Waals surface area contributed by atoms with Gasteiger partial charge in [0, 0.05) is 4.75 Å². The summed E-state index contributed by atoms with van der Waals surface area (Å²) in [6.45, 7) is 5.14. The Bertz CT molecular complexity index is 943. The van der Waals surface area contributed by atoms with E-state index >= 15 is 0 Å². The van der Waals surface area contributed by atoms with Crippen molar-refractivity contribution < 1.29 is 53.6 Å². The van der Waals surface area contributed by atoms with E-state index in [1.807, 2.05) is 17.5 Å². The van der Waals surface area contributed by atoms with Crippen molar-refractivity contribution in [2.24, 2.45) is 0 Å². The van der Waals surface area contributed by atoms with Gasteiger partial charge in [0.25, 0.3) is 5.91 Å². The third-order valence-corrected chi connectivity index (χ3v) is 7.24. The van der Waals surface area contributed by atoms with Crippen LogP contribution in [0.25, 0.3) is 10.6 Å². The number of nitrogens with one attached hydrogen (secondary N) is 1. The number of thioether (sulfide) groups is 1. The largest absolute Gasteiger partial charge is 1.00 e. The number of carboxylic acids is 1. The van der Waals surface area contributed by atoms with Crippen molar-refractivity contribution in [2.45, 2.75) is 43.0 Å². The fourth-order valence-electron chi connectivity index (χ4n) is 3.56. The molecule has 1 N–H and O–H groups in total. The van der Waals surface area contributed by atoms with E-state index in [0.717, 1.165) is 4.88 Å². The second kappa shape index (κ2) is 7.49. The van der Waals surface area contributed by atoms with Crippen LogP contribution < -0.4 is 40.0 Å². The van der Waals surface area contributed by atoms with Gasteiger partial charge in [-0.25, -0.2) is 0 Å². The van der Waals surface area contributed by atoms with Gasteiger partial charge in [0.2, 0.25) is 5.91 Å². The Kier molecular flexibility index (Phi) is 5.72. The molecule has 2 aliphatic heterocycles. The molecule has 2 fully saturated rings. The minimum atomic E-state index is -1.29. The van der Waals surface area contributed by atoms with E-state index in [1.165, 1.54) is 28.0 Å². The molecule has 3 atom stereocenters. The SMILES string of the molecule is Cc1onc(-c2cccs2)c1C(=O)NC1C(=O)N2C1SC(C)(C)C2C(=O)[O-].[Na+]. The maximum atomic E-state index is 12.8. The van der Waals surface area contributed by atoms with Crippen molar-refractivity contribution in [1.29, 1.82) is 0 Å². The van der Waals surface area contributed by atoms with E-state index in [9.17, 15) is 19.5 Å². The fraction of sp³-hybridized carbons (Fsp3) is 0.412. The van der Waals surface area contributed by atoms with Crippen LogP contribution in [0.3, 0.4) is 0 Å². The van der Waals surface area contributed by atoms with Crippen molar-refractivity contribution in [3.05, 3.63) is 28.8 Å². The molecule has 0 aromatic carbocycles. The van der Waals surface area contributed by atoms with Crippen molar-refractivity contribution in [1.82, 2.24) is 15.4 Å². The molecule has 0 aliphatic carbocycles. The summed E-state index contributed by atoms with van der Waals surface area (Å²) in [5.41, 5.74) is 0.707. The van der Waals surface area contributed by atoms with E-state index in [1.54, 1.807) is 20.8 Å². The van der Waals surface area contributed by atoms with Gasteiger partial charge in [-0.15, -0.1) is 23.1 Å². The van der Waals surface area contributed by atoms with Gasteiger partial charge in [-0.1, -0.05) is 11.2 Å². The summed E-state index contributed by atoms with van der Waals surface area (Å²) >= 11 is 2.77. The van der Waals surface area contributed by atoms with Gasteiger partial charge in [-0.3, -0.25) is 9.59 Å². The first-order valence-electron chi connectivity index (χ1n) is 8.24. The Balaban J connectivity index is 0.00000225. The van der Waals surface area contributed by atoms with Crippen LogP contribution in [0.4, 0.5) is 0 Å². The Morgan fingerprint density at radius 2 is 2.11 bits per heavy atom. The number of hydrogen-bond acceptors (Lipinski definition) is 8. The standard InChI is InChI=1S/C17H17N3O5S2.Na/c1-7-9(10(19-25-7)8-5-4-6-26-8)13(21)18-11-14(22)20-12(16(23)24)17(2,3)27-15(11)20;/h4-6,11-12,15H,1-3H3,(H,18,21)(H,23,24);/q;+1/p-1. The van der Waals surface area contributed by atoms with Crippen LogP contribution in [0.5, 0.6) is 0 Å². The van der Waals surface area contributed by atoms with Gasteiger partial charge >= 0.3 is 29.6 Å². The average Bonchev–Trinajstić information content (AvgIpc) is 3.28. The average molecular weight is 429 g/mol. The number of aromatic nitrogens is 1. The molecule has 2 saturated heterocycles. The summed E-state index contributed by atoms with van der Waals surface area (Å²) in [7, 11) is 0. The Morgan fingerprint density at radius 3 is 2.71 bits per heavy atom. The summed E-state index contributed by atoms with van der Waals surface area (Å²) in [6, 6.07) is 1.86. The van der Waals surface area contributed by atoms with Gasteiger partial charge in [0.15, 0.2) is 0 Å². The number of aryl methyl sites for hydroxylation is 1. The van der Waals surface area contributed by atoms with Crippen LogP contribution in [0.1, 0.15) is 30.0 Å². The van der Waals surface area contributed by atoms with Gasteiger partial charge in [-0.2, -0.15) is 0 Å². The second-order valence-electron chi connectivity index (χ2n) is 6.97. The van der Waals surface area contributed by atoms with Gasteiger partial charge in [0.1, 0.15) is 28.4 Å². The molecular formula is C17H16N3NaO5S2. The summed E-state index contributed by atoms with van der Waals surface area (Å²) in [5, 5.41) is 19.6. The van der Waals surface area contributed by atoms with Crippen LogP contribution >= 0.6 is 23.1 Å². The molecular weight excluding hydrogens is 413 g/mol. The summed E-state index contributed by atoms with van der Waals surface area (Å²) in [5.74, 6) is -1.83. The number of β-lactam (4-membered cyclic amide) rings is 1. The Labute approximate surface area is 191 Å². The first-order valence-corrected chi connectivity index (χ1v) is 10.00. The van der Waals surface area contributed by atoms with Crippen LogP contribution in [-0.2, 0) is 9.59 Å². The molecule has 0 radical (unpaired) electrons. The second-order valence-corrected chi connectivity index (χ2v) is 9.69. The molecule has 2 aromatic heterocycles. The number of hydrogen-bond donors (Lipinski definition) is 1. The Hall–Kier alpha value is -1.33. The number of carboxylic acid groups (broad SMARTS) is 1. The third kappa shape index (κ3) is 3.21. The molecule has 2 aliphatic rings. The van der Waals surface area contributed by atoms with Crippen LogP contribution in [0.2, 0.25) is 0 Å². The Morgan fingerprint density at radius 1 is 1.39 bits per heavy atom. The molecule has 8 nitrogen and oxygen atoms in total. The summed E-state index contributed by atoms with van der Waals surface area (Å²) in [4.78, 5) is 38.9. The van der Waals surface area contributed by atoms with E-state index in [4.69, 9.17) is 4.52 Å². The predicted octanol–water partition coefficient (Wildman–Crippen LogP) is -2.37. The molecule has 28 heavy (non-hydrogen) atoms. The third-order valence-electron chi connectivity index (χ3n) is 4.80. The van der Waals surface area contributed by atoms with Crippen LogP contribution in [-0.4, -0.2) is 50.0 Å². The number of aliphatic carboxylic acids is 1.